The average Bonchev–Trinajstić information content (AvgIpc) is 3.62. The van der Waals surface area contributed by atoms with Crippen LogP contribution in [-0.4, -0.2) is 44.6 Å². The van der Waals surface area contributed by atoms with Gasteiger partial charge in [0, 0.05) is 36.4 Å². The van der Waals surface area contributed by atoms with Gasteiger partial charge in [0.2, 0.25) is 0 Å². The Morgan fingerprint density at radius 3 is 2.33 bits per heavy atom. The number of hydrogen-bond acceptors (Lipinski definition) is 6. The maximum atomic E-state index is 12.9. The van der Waals surface area contributed by atoms with E-state index in [2.05, 4.69) is 20.8 Å². The zero-order valence-electron chi connectivity index (χ0n) is 23.0. The van der Waals surface area contributed by atoms with Gasteiger partial charge in [-0.15, -0.1) is 0 Å². The van der Waals surface area contributed by atoms with Gasteiger partial charge < -0.3 is 23.5 Å². The van der Waals surface area contributed by atoms with Gasteiger partial charge in [-0.05, 0) is 49.3 Å². The molecule has 7 heteroatoms. The number of aromatic nitrogens is 1. The predicted molar refractivity (Wildman–Crippen MR) is 141 cm³/mol. The first-order chi connectivity index (χ1) is 17.1. The third kappa shape index (κ3) is 5.61. The first-order valence-electron chi connectivity index (χ1n) is 12.9. The summed E-state index contributed by atoms with van der Waals surface area (Å²) in [5.74, 6) is 0.734. The molecule has 1 aromatic heterocycles. The van der Waals surface area contributed by atoms with Crippen molar-refractivity contribution >= 4 is 5.97 Å². The van der Waals surface area contributed by atoms with Gasteiger partial charge in [0.1, 0.15) is 5.56 Å². The molecule has 2 aromatic rings. The van der Waals surface area contributed by atoms with Crippen LogP contribution in [0.1, 0.15) is 76.3 Å². The van der Waals surface area contributed by atoms with Crippen molar-refractivity contribution in [3.05, 3.63) is 45.7 Å². The van der Waals surface area contributed by atoms with Crippen LogP contribution in [0.15, 0.2) is 29.2 Å². The lowest BCUT2D eigenvalue weighted by Gasteiger charge is -2.39. The van der Waals surface area contributed by atoms with E-state index < -0.39 is 5.97 Å². The van der Waals surface area contributed by atoms with Gasteiger partial charge in [0.05, 0.1) is 32.6 Å². The van der Waals surface area contributed by atoms with Gasteiger partial charge in [-0.1, -0.05) is 34.6 Å². The molecular formula is C29H41NO6. The first-order valence-corrected chi connectivity index (χ1v) is 12.9. The lowest BCUT2D eigenvalue weighted by Crippen LogP contribution is -2.33. The van der Waals surface area contributed by atoms with Crippen molar-refractivity contribution in [2.45, 2.75) is 66.8 Å². The van der Waals surface area contributed by atoms with Gasteiger partial charge in [-0.2, -0.15) is 0 Å². The molecule has 1 aliphatic heterocycles. The second kappa shape index (κ2) is 11.1. The molecule has 36 heavy (non-hydrogen) atoms. The highest BCUT2D eigenvalue weighted by Gasteiger charge is 2.44. The largest absolute Gasteiger partial charge is 0.493 e. The van der Waals surface area contributed by atoms with E-state index in [1.54, 1.807) is 33.4 Å². The third-order valence-electron chi connectivity index (χ3n) is 6.93. The summed E-state index contributed by atoms with van der Waals surface area (Å²) in [5.41, 5.74) is 2.45. The maximum absolute atomic E-state index is 12.9. The first kappa shape index (κ1) is 27.8. The van der Waals surface area contributed by atoms with E-state index in [-0.39, 0.29) is 34.5 Å². The Kier molecular flexibility index (Phi) is 8.55. The molecule has 0 radical (unpaired) electrons. The smallest absolute Gasteiger partial charge is 0.343 e. The Balaban J connectivity index is 0.00000176. The molecule has 1 fully saturated rings. The summed E-state index contributed by atoms with van der Waals surface area (Å²) < 4.78 is 24.5. The fourth-order valence-electron chi connectivity index (χ4n) is 4.74. The molecule has 0 amide bonds. The summed E-state index contributed by atoms with van der Waals surface area (Å²) >= 11 is 0. The van der Waals surface area contributed by atoms with Crippen molar-refractivity contribution in [2.75, 3.05) is 34.0 Å². The minimum Gasteiger partial charge on any atom is -0.493 e. The molecule has 0 bridgehead atoms. The number of fused-ring (bicyclic) bond motifs is 3. The number of esters is 1. The second-order valence-corrected chi connectivity index (χ2v) is 10.5. The number of carbonyl (C=O) groups is 1. The zero-order chi connectivity index (χ0) is 26.7. The molecule has 1 aromatic carbocycles. The molecule has 7 nitrogen and oxygen atoms in total. The summed E-state index contributed by atoms with van der Waals surface area (Å²) in [7, 11) is 3.34. The monoisotopic (exact) mass is 499 g/mol. The minimum absolute atomic E-state index is 0.0355. The summed E-state index contributed by atoms with van der Waals surface area (Å²) in [6.07, 6.45) is 4.59. The molecule has 1 unspecified atom stereocenters. The van der Waals surface area contributed by atoms with Crippen LogP contribution in [0.25, 0.3) is 11.3 Å². The maximum Gasteiger partial charge on any atom is 0.343 e. The Bertz CT molecular complexity index is 1140. The summed E-state index contributed by atoms with van der Waals surface area (Å²) in [5, 5.41) is 0. The quantitative estimate of drug-likeness (QED) is 0.435. The number of rotatable bonds is 8. The molecular weight excluding hydrogens is 458 g/mol. The lowest BCUT2D eigenvalue weighted by molar-refractivity contribution is 0.0523. The summed E-state index contributed by atoms with van der Waals surface area (Å²) in [6, 6.07) is 5.56. The SMILES string of the molecule is CC.CCOC(=O)c1cn2c(cc1=O)-c1cc(OC)c(OCC3(COC)CC3)cc1CC2C(C)(C)C. The average molecular weight is 500 g/mol. The number of carbonyl (C=O) groups excluding carboxylic acids is 1. The standard InChI is InChI=1S/C27H35NO6.C2H6/c1-7-33-25(30)19-14-28-20(13-21(19)29)18-12-22(32-6)23(34-16-27(8-9-27)15-31-5)10-17(18)11-24(28)26(2,3)4;1-2/h10,12-14,24H,7-9,11,15-16H2,1-6H3;1-2H3. The normalized spacial score (nSPS) is 17.2. The molecule has 2 aliphatic rings. The highest BCUT2D eigenvalue weighted by atomic mass is 16.5. The number of hydrogen-bond donors (Lipinski definition) is 0. The van der Waals surface area contributed by atoms with Crippen LogP contribution in [0.3, 0.4) is 0 Å². The van der Waals surface area contributed by atoms with Crippen LogP contribution in [-0.2, 0) is 15.9 Å². The number of benzene rings is 1. The van der Waals surface area contributed by atoms with E-state index in [0.29, 0.717) is 24.7 Å². The Morgan fingerprint density at radius 1 is 1.08 bits per heavy atom. The number of nitrogens with zero attached hydrogens (tertiary/aromatic N) is 1. The third-order valence-corrected chi connectivity index (χ3v) is 6.93. The highest BCUT2D eigenvalue weighted by Crippen LogP contribution is 2.48. The molecule has 0 N–H and O–H groups in total. The second-order valence-electron chi connectivity index (χ2n) is 10.5. The van der Waals surface area contributed by atoms with Crippen molar-refractivity contribution in [2.24, 2.45) is 10.8 Å². The Morgan fingerprint density at radius 2 is 1.78 bits per heavy atom. The fraction of sp³-hybridized carbons (Fsp3) is 0.586. The Labute approximate surface area is 214 Å². The van der Waals surface area contributed by atoms with Gasteiger partial charge in [0.15, 0.2) is 16.9 Å². The zero-order valence-corrected chi connectivity index (χ0v) is 23.0. The molecule has 1 aliphatic carbocycles. The predicted octanol–water partition coefficient (Wildman–Crippen LogP) is 5.68. The molecule has 2 heterocycles. The molecule has 1 atom stereocenters. The van der Waals surface area contributed by atoms with Crippen molar-refractivity contribution in [3.63, 3.8) is 0 Å². The van der Waals surface area contributed by atoms with Crippen LogP contribution in [0.5, 0.6) is 11.5 Å². The number of methoxy groups -OCH3 is 2. The van der Waals surface area contributed by atoms with Gasteiger partial charge in [-0.3, -0.25) is 4.79 Å². The van der Waals surface area contributed by atoms with E-state index in [1.807, 2.05) is 30.5 Å². The minimum atomic E-state index is -0.590. The van der Waals surface area contributed by atoms with Crippen LogP contribution in [0, 0.1) is 10.8 Å². The fourth-order valence-corrected chi connectivity index (χ4v) is 4.74. The van der Waals surface area contributed by atoms with E-state index in [0.717, 1.165) is 36.1 Å². The summed E-state index contributed by atoms with van der Waals surface area (Å²) in [6.45, 7) is 13.7. The Hall–Kier alpha value is -2.80. The highest BCUT2D eigenvalue weighted by molar-refractivity contribution is 5.89. The van der Waals surface area contributed by atoms with Crippen molar-refractivity contribution < 1.29 is 23.7 Å². The molecule has 1 saturated carbocycles. The molecule has 0 saturated heterocycles. The van der Waals surface area contributed by atoms with Crippen LogP contribution < -0.4 is 14.9 Å². The van der Waals surface area contributed by atoms with E-state index in [9.17, 15) is 9.59 Å². The van der Waals surface area contributed by atoms with Crippen LogP contribution in [0.4, 0.5) is 0 Å². The lowest BCUT2D eigenvalue weighted by atomic mass is 9.78. The topological polar surface area (TPSA) is 76.0 Å². The molecule has 0 spiro atoms. The van der Waals surface area contributed by atoms with Crippen LogP contribution >= 0.6 is 0 Å². The molecule has 198 valence electrons. The van der Waals surface area contributed by atoms with Crippen molar-refractivity contribution in [3.8, 4) is 22.8 Å². The van der Waals surface area contributed by atoms with Gasteiger partial charge in [0.25, 0.3) is 0 Å². The number of ether oxygens (including phenoxy) is 4. The van der Waals surface area contributed by atoms with E-state index >= 15 is 0 Å². The van der Waals surface area contributed by atoms with Crippen LogP contribution in [0.2, 0.25) is 0 Å². The van der Waals surface area contributed by atoms with Gasteiger partial charge >= 0.3 is 5.97 Å². The van der Waals surface area contributed by atoms with Crippen molar-refractivity contribution in [1.29, 1.82) is 0 Å². The van der Waals surface area contributed by atoms with E-state index in [4.69, 9.17) is 18.9 Å². The van der Waals surface area contributed by atoms with E-state index in [1.165, 1.54) is 0 Å². The molecule has 4 rings (SSSR count). The van der Waals surface area contributed by atoms with Crippen molar-refractivity contribution in [1.82, 2.24) is 4.57 Å². The van der Waals surface area contributed by atoms with Gasteiger partial charge in [-0.25, -0.2) is 4.79 Å². The summed E-state index contributed by atoms with van der Waals surface area (Å²) in [4.78, 5) is 25.3. The number of pyridine rings is 1.